The van der Waals surface area contributed by atoms with E-state index in [2.05, 4.69) is 0 Å². The van der Waals surface area contributed by atoms with Gasteiger partial charge < -0.3 is 9.47 Å². The Balaban J connectivity index is 1.49. The largest absolute Gasteiger partial charge is 0.347 e. The van der Waals surface area contributed by atoms with E-state index < -0.39 is 16.8 Å². The van der Waals surface area contributed by atoms with E-state index in [1.54, 1.807) is 0 Å². The minimum Gasteiger partial charge on any atom is -0.347 e. The fourth-order valence-corrected chi connectivity index (χ4v) is 3.88. The zero-order valence-electron chi connectivity index (χ0n) is 14.1. The van der Waals surface area contributed by atoms with Gasteiger partial charge in [0.05, 0.1) is 36.3 Å². The highest BCUT2D eigenvalue weighted by Crippen LogP contribution is 2.34. The zero-order chi connectivity index (χ0) is 18.3. The Hall–Kier alpha value is -2.36. The van der Waals surface area contributed by atoms with Crippen LogP contribution in [-0.4, -0.2) is 59.8 Å². The van der Waals surface area contributed by atoms with Crippen LogP contribution in [0.3, 0.4) is 0 Å². The number of carbonyl (C=O) groups is 2. The molecular weight excluding hydrogens is 342 g/mol. The van der Waals surface area contributed by atoms with Crippen molar-refractivity contribution in [2.75, 3.05) is 31.2 Å². The van der Waals surface area contributed by atoms with Crippen LogP contribution in [0.4, 0.5) is 11.4 Å². The van der Waals surface area contributed by atoms with Crippen LogP contribution in [0, 0.1) is 10.1 Å². The lowest BCUT2D eigenvalue weighted by Crippen LogP contribution is -2.51. The zero-order valence-corrected chi connectivity index (χ0v) is 14.1. The Bertz CT molecular complexity index is 751. The third-order valence-electron chi connectivity index (χ3n) is 5.24. The first-order valence-corrected chi connectivity index (χ1v) is 8.62. The first-order valence-electron chi connectivity index (χ1n) is 8.62. The number of nitrogens with zero attached hydrogens (tertiary/aromatic N) is 3. The molecule has 0 aromatic heterocycles. The maximum atomic E-state index is 12.8. The van der Waals surface area contributed by atoms with Crippen LogP contribution < -0.4 is 4.90 Å². The van der Waals surface area contributed by atoms with Gasteiger partial charge in [-0.3, -0.25) is 24.6 Å². The fraction of sp³-hybridized carbons (Fsp3) is 0.529. The molecule has 138 valence electrons. The van der Waals surface area contributed by atoms with Crippen LogP contribution in [0.25, 0.3) is 0 Å². The van der Waals surface area contributed by atoms with Gasteiger partial charge in [0.25, 0.3) is 11.6 Å². The molecule has 9 heteroatoms. The molecule has 0 bridgehead atoms. The number of piperidine rings is 1. The van der Waals surface area contributed by atoms with E-state index in [1.807, 2.05) is 4.90 Å². The SMILES string of the molecule is O=C1CC(N2CCC3(CC2)OCCO3)C(=O)N1c1cccc([N+](=O)[O-])c1. The van der Waals surface area contributed by atoms with Crippen LogP contribution in [0.1, 0.15) is 19.3 Å². The lowest BCUT2D eigenvalue weighted by molar-refractivity contribution is -0.384. The van der Waals surface area contributed by atoms with E-state index in [-0.39, 0.29) is 29.6 Å². The average Bonchev–Trinajstić information content (AvgIpc) is 3.20. The maximum absolute atomic E-state index is 12.8. The number of nitro benzene ring substituents is 1. The minimum absolute atomic E-state index is 0.0796. The maximum Gasteiger partial charge on any atom is 0.271 e. The van der Waals surface area contributed by atoms with E-state index in [1.165, 1.54) is 24.3 Å². The van der Waals surface area contributed by atoms with Gasteiger partial charge in [-0.2, -0.15) is 0 Å². The van der Waals surface area contributed by atoms with Crippen molar-refractivity contribution in [3.8, 4) is 0 Å². The molecule has 9 nitrogen and oxygen atoms in total. The third kappa shape index (κ3) is 2.87. The summed E-state index contributed by atoms with van der Waals surface area (Å²) in [5.41, 5.74) is 0.0923. The van der Waals surface area contributed by atoms with Gasteiger partial charge >= 0.3 is 0 Å². The van der Waals surface area contributed by atoms with Crippen molar-refractivity contribution in [2.24, 2.45) is 0 Å². The van der Waals surface area contributed by atoms with E-state index in [0.29, 0.717) is 39.1 Å². The topological polar surface area (TPSA) is 102 Å². The summed E-state index contributed by atoms with van der Waals surface area (Å²) in [5.74, 6) is -1.21. The molecule has 3 saturated heterocycles. The quantitative estimate of drug-likeness (QED) is 0.451. The van der Waals surface area contributed by atoms with Crippen molar-refractivity contribution < 1.29 is 24.0 Å². The van der Waals surface area contributed by atoms with Crippen LogP contribution in [-0.2, 0) is 19.1 Å². The van der Waals surface area contributed by atoms with Gasteiger partial charge in [-0.15, -0.1) is 0 Å². The Kier molecular flexibility index (Phi) is 4.22. The number of ether oxygens (including phenoxy) is 2. The van der Waals surface area contributed by atoms with Gasteiger partial charge in [-0.1, -0.05) is 6.07 Å². The van der Waals surface area contributed by atoms with Gasteiger partial charge in [0, 0.05) is 38.1 Å². The van der Waals surface area contributed by atoms with Crippen LogP contribution in [0.2, 0.25) is 0 Å². The van der Waals surface area contributed by atoms with Crippen molar-refractivity contribution in [3.05, 3.63) is 34.4 Å². The average molecular weight is 361 g/mol. The highest BCUT2D eigenvalue weighted by molar-refractivity contribution is 6.22. The molecule has 3 aliphatic heterocycles. The molecule has 0 radical (unpaired) electrons. The molecular formula is C17H19N3O6. The van der Waals surface area contributed by atoms with Crippen molar-refractivity contribution in [3.63, 3.8) is 0 Å². The number of benzene rings is 1. The standard InChI is InChI=1S/C17H19N3O6/c21-15-11-14(18-6-4-17(5-7-18)25-8-9-26-17)16(22)19(15)12-2-1-3-13(10-12)20(23)24/h1-3,10,14H,4-9,11H2. The number of carbonyl (C=O) groups excluding carboxylic acids is 2. The van der Waals surface area contributed by atoms with Crippen LogP contribution in [0.5, 0.6) is 0 Å². The predicted octanol–water partition coefficient (Wildman–Crippen LogP) is 1.07. The highest BCUT2D eigenvalue weighted by atomic mass is 16.7. The van der Waals surface area contributed by atoms with Gasteiger partial charge in [-0.05, 0) is 6.07 Å². The summed E-state index contributed by atoms with van der Waals surface area (Å²) in [5, 5.41) is 11.0. The highest BCUT2D eigenvalue weighted by Gasteiger charge is 2.47. The summed E-state index contributed by atoms with van der Waals surface area (Å²) < 4.78 is 11.4. The number of non-ortho nitro benzene ring substituents is 1. The first-order chi connectivity index (χ1) is 12.5. The number of anilines is 1. The number of amides is 2. The monoisotopic (exact) mass is 361 g/mol. The van der Waals surface area contributed by atoms with Crippen LogP contribution >= 0.6 is 0 Å². The normalized spacial score (nSPS) is 26.0. The lowest BCUT2D eigenvalue weighted by atomic mass is 10.0. The molecule has 3 aliphatic rings. The number of nitro groups is 1. The minimum atomic E-state index is -0.544. The third-order valence-corrected chi connectivity index (χ3v) is 5.24. The van der Waals surface area contributed by atoms with E-state index in [4.69, 9.17) is 9.47 Å². The van der Waals surface area contributed by atoms with Crippen molar-refractivity contribution in [2.45, 2.75) is 31.1 Å². The smallest absolute Gasteiger partial charge is 0.271 e. The second-order valence-corrected chi connectivity index (χ2v) is 6.71. The Labute approximate surface area is 149 Å². The number of rotatable bonds is 3. The molecule has 3 fully saturated rings. The Morgan fingerprint density at radius 3 is 2.50 bits per heavy atom. The summed E-state index contributed by atoms with van der Waals surface area (Å²) in [7, 11) is 0. The second-order valence-electron chi connectivity index (χ2n) is 6.71. The number of hydrogen-bond donors (Lipinski definition) is 0. The van der Waals surface area contributed by atoms with Gasteiger partial charge in [0.2, 0.25) is 5.91 Å². The molecule has 3 heterocycles. The first kappa shape index (κ1) is 17.1. The second kappa shape index (κ2) is 6.42. The number of likely N-dealkylation sites (tertiary alicyclic amines) is 1. The Morgan fingerprint density at radius 1 is 1.15 bits per heavy atom. The molecule has 1 spiro atoms. The van der Waals surface area contributed by atoms with Crippen molar-refractivity contribution in [1.29, 1.82) is 0 Å². The van der Waals surface area contributed by atoms with E-state index in [0.717, 1.165) is 4.90 Å². The molecule has 1 unspecified atom stereocenters. The number of hydrogen-bond acceptors (Lipinski definition) is 7. The predicted molar refractivity (Wildman–Crippen MR) is 89.4 cm³/mol. The summed E-state index contributed by atoms with van der Waals surface area (Å²) in [4.78, 5) is 38.7. The summed E-state index contributed by atoms with van der Waals surface area (Å²) in [6, 6.07) is 5.05. The molecule has 0 aliphatic carbocycles. The molecule has 1 aromatic carbocycles. The number of imide groups is 1. The summed E-state index contributed by atoms with van der Waals surface area (Å²) >= 11 is 0. The molecule has 0 N–H and O–H groups in total. The molecule has 4 rings (SSSR count). The fourth-order valence-electron chi connectivity index (χ4n) is 3.88. The Morgan fingerprint density at radius 2 is 1.85 bits per heavy atom. The van der Waals surface area contributed by atoms with E-state index >= 15 is 0 Å². The lowest BCUT2D eigenvalue weighted by Gasteiger charge is -2.39. The van der Waals surface area contributed by atoms with E-state index in [9.17, 15) is 19.7 Å². The molecule has 0 saturated carbocycles. The summed E-state index contributed by atoms with van der Waals surface area (Å²) in [6.45, 7) is 2.38. The van der Waals surface area contributed by atoms with Crippen molar-refractivity contribution >= 4 is 23.2 Å². The van der Waals surface area contributed by atoms with Gasteiger partial charge in [0.15, 0.2) is 5.79 Å². The molecule has 2 amide bonds. The molecule has 1 aromatic rings. The summed E-state index contributed by atoms with van der Waals surface area (Å²) in [6.07, 6.45) is 1.39. The van der Waals surface area contributed by atoms with Gasteiger partial charge in [-0.25, -0.2) is 4.90 Å². The molecule has 1 atom stereocenters. The van der Waals surface area contributed by atoms with Gasteiger partial charge in [0.1, 0.15) is 0 Å². The van der Waals surface area contributed by atoms with Crippen molar-refractivity contribution in [1.82, 2.24) is 4.90 Å². The van der Waals surface area contributed by atoms with Crippen LogP contribution in [0.15, 0.2) is 24.3 Å². The molecule has 26 heavy (non-hydrogen) atoms.